The van der Waals surface area contributed by atoms with Crippen LogP contribution in [0.2, 0.25) is 0 Å². The van der Waals surface area contributed by atoms with Crippen molar-refractivity contribution >= 4 is 10.9 Å². The summed E-state index contributed by atoms with van der Waals surface area (Å²) in [6, 6.07) is 6.86. The van der Waals surface area contributed by atoms with Gasteiger partial charge in [-0.3, -0.25) is 4.79 Å². The van der Waals surface area contributed by atoms with E-state index < -0.39 is 0 Å². The molecule has 74 valence electrons. The Morgan fingerprint density at radius 1 is 1.47 bits per heavy atom. The van der Waals surface area contributed by atoms with Crippen molar-refractivity contribution in [1.29, 1.82) is 0 Å². The summed E-state index contributed by atoms with van der Waals surface area (Å²) in [4.78, 5) is 14.3. The van der Waals surface area contributed by atoms with E-state index in [2.05, 4.69) is 20.3 Å². The summed E-state index contributed by atoms with van der Waals surface area (Å²) in [6.07, 6.45) is 0. The van der Waals surface area contributed by atoms with Crippen LogP contribution in [0.1, 0.15) is 0 Å². The summed E-state index contributed by atoms with van der Waals surface area (Å²) >= 11 is 0. The quantitative estimate of drug-likeness (QED) is 0.413. The van der Waals surface area contributed by atoms with Gasteiger partial charge >= 0.3 is 0 Å². The van der Waals surface area contributed by atoms with Crippen molar-refractivity contribution in [2.75, 3.05) is 0 Å². The Kier molecular flexibility index (Phi) is 2.30. The first kappa shape index (κ1) is 9.17. The Bertz CT molecular complexity index is 597. The number of nitrogens with zero attached hydrogens (tertiary/aromatic N) is 6. The van der Waals surface area contributed by atoms with Crippen molar-refractivity contribution < 1.29 is 0 Å². The Labute approximate surface area is 83.6 Å². The molecule has 0 aliphatic rings. The normalized spacial score (nSPS) is 9.87. The van der Waals surface area contributed by atoms with E-state index in [0.29, 0.717) is 10.9 Å². The molecule has 1 heterocycles. The molecule has 0 aliphatic heterocycles. The van der Waals surface area contributed by atoms with Gasteiger partial charge in [-0.1, -0.05) is 22.5 Å². The molecule has 0 bridgehead atoms. The molecule has 0 amide bonds. The molecular weight excluding hydrogens is 196 g/mol. The minimum absolute atomic E-state index is 0.146. The van der Waals surface area contributed by atoms with Crippen LogP contribution in [0.3, 0.4) is 0 Å². The van der Waals surface area contributed by atoms with E-state index >= 15 is 0 Å². The summed E-state index contributed by atoms with van der Waals surface area (Å²) in [5, 5.41) is 11.2. The van der Waals surface area contributed by atoms with E-state index in [1.165, 1.54) is 0 Å². The third-order valence-electron chi connectivity index (χ3n) is 1.89. The van der Waals surface area contributed by atoms with Gasteiger partial charge in [0.1, 0.15) is 12.2 Å². The van der Waals surface area contributed by atoms with Gasteiger partial charge in [0.15, 0.2) is 0 Å². The minimum Gasteiger partial charge on any atom is -0.267 e. The molecule has 2 aromatic rings. The molecule has 2 rings (SSSR count). The van der Waals surface area contributed by atoms with Crippen LogP contribution in [0.15, 0.2) is 34.2 Å². The van der Waals surface area contributed by atoms with E-state index in [0.717, 1.165) is 4.68 Å². The van der Waals surface area contributed by atoms with Gasteiger partial charge < -0.3 is 0 Å². The van der Waals surface area contributed by atoms with Gasteiger partial charge in [0.25, 0.3) is 5.56 Å². The molecular formula is C8H6N6O. The molecule has 15 heavy (non-hydrogen) atoms. The highest BCUT2D eigenvalue weighted by atomic mass is 16.1. The summed E-state index contributed by atoms with van der Waals surface area (Å²) in [6.45, 7) is -0.146. The third-order valence-corrected chi connectivity index (χ3v) is 1.89. The van der Waals surface area contributed by atoms with Gasteiger partial charge in [-0.05, 0) is 17.7 Å². The number of rotatable bonds is 2. The fourth-order valence-corrected chi connectivity index (χ4v) is 1.20. The molecule has 7 heteroatoms. The first-order chi connectivity index (χ1) is 7.33. The van der Waals surface area contributed by atoms with Crippen LogP contribution in [0.5, 0.6) is 0 Å². The predicted octanol–water partition coefficient (Wildman–Crippen LogP) is 1.06. The SMILES string of the molecule is [N-]=[N+]=NCn1nnc2ccccc2c1=O. The lowest BCUT2D eigenvalue weighted by atomic mass is 10.2. The van der Waals surface area contributed by atoms with Crippen LogP contribution >= 0.6 is 0 Å². The second kappa shape index (κ2) is 3.77. The zero-order valence-electron chi connectivity index (χ0n) is 7.61. The second-order valence-corrected chi connectivity index (χ2v) is 2.78. The van der Waals surface area contributed by atoms with Crippen LogP contribution in [-0.4, -0.2) is 15.0 Å². The molecule has 0 atom stereocenters. The molecule has 0 unspecified atom stereocenters. The second-order valence-electron chi connectivity index (χ2n) is 2.78. The van der Waals surface area contributed by atoms with E-state index in [1.807, 2.05) is 0 Å². The number of aromatic nitrogens is 3. The van der Waals surface area contributed by atoms with Gasteiger partial charge in [0.05, 0.1) is 5.39 Å². The Hall–Kier alpha value is -2.40. The highest BCUT2D eigenvalue weighted by Crippen LogP contribution is 2.02. The zero-order chi connectivity index (χ0) is 10.7. The maximum absolute atomic E-state index is 11.7. The summed E-state index contributed by atoms with van der Waals surface area (Å²) in [5.74, 6) is 0. The Morgan fingerprint density at radius 2 is 2.27 bits per heavy atom. The summed E-state index contributed by atoms with van der Waals surface area (Å²) < 4.78 is 1.02. The van der Waals surface area contributed by atoms with Crippen molar-refractivity contribution in [3.63, 3.8) is 0 Å². The summed E-state index contributed by atoms with van der Waals surface area (Å²) in [5.41, 5.74) is 8.34. The highest BCUT2D eigenvalue weighted by Gasteiger charge is 2.02. The van der Waals surface area contributed by atoms with Crippen molar-refractivity contribution in [1.82, 2.24) is 15.0 Å². The van der Waals surface area contributed by atoms with Crippen LogP contribution in [-0.2, 0) is 6.67 Å². The first-order valence-electron chi connectivity index (χ1n) is 4.16. The standard InChI is InChI=1S/C8H6N6O/c9-12-10-5-14-8(15)6-3-1-2-4-7(6)11-13-14/h1-4H,5H2. The van der Waals surface area contributed by atoms with Crippen LogP contribution in [0, 0.1) is 0 Å². The highest BCUT2D eigenvalue weighted by molar-refractivity contribution is 5.76. The molecule has 0 radical (unpaired) electrons. The third kappa shape index (κ3) is 1.63. The number of hydrogen-bond acceptors (Lipinski definition) is 4. The average Bonchev–Trinajstić information content (AvgIpc) is 2.29. The zero-order valence-corrected chi connectivity index (χ0v) is 7.61. The van der Waals surface area contributed by atoms with Gasteiger partial charge in [0, 0.05) is 4.91 Å². The number of hydrogen-bond donors (Lipinski definition) is 0. The lowest BCUT2D eigenvalue weighted by Crippen LogP contribution is -2.23. The topological polar surface area (TPSA) is 96.5 Å². The van der Waals surface area contributed by atoms with Crippen molar-refractivity contribution in [2.24, 2.45) is 5.11 Å². The van der Waals surface area contributed by atoms with Gasteiger partial charge in [-0.15, -0.1) is 5.10 Å². The van der Waals surface area contributed by atoms with Crippen LogP contribution < -0.4 is 5.56 Å². The number of azide groups is 1. The number of benzene rings is 1. The predicted molar refractivity (Wildman–Crippen MR) is 52.9 cm³/mol. The van der Waals surface area contributed by atoms with Gasteiger partial charge in [0.2, 0.25) is 0 Å². The molecule has 1 aromatic heterocycles. The largest absolute Gasteiger partial charge is 0.277 e. The smallest absolute Gasteiger partial charge is 0.267 e. The van der Waals surface area contributed by atoms with E-state index in [-0.39, 0.29) is 12.2 Å². The molecule has 0 N–H and O–H groups in total. The van der Waals surface area contributed by atoms with Gasteiger partial charge in [-0.2, -0.15) is 0 Å². The Balaban J connectivity index is 2.65. The molecule has 0 saturated carbocycles. The van der Waals surface area contributed by atoms with Crippen LogP contribution in [0.4, 0.5) is 0 Å². The summed E-state index contributed by atoms with van der Waals surface area (Å²) in [7, 11) is 0. The van der Waals surface area contributed by atoms with Crippen LogP contribution in [0.25, 0.3) is 21.3 Å². The fraction of sp³-hybridized carbons (Fsp3) is 0.125. The maximum atomic E-state index is 11.7. The van der Waals surface area contributed by atoms with E-state index in [9.17, 15) is 4.79 Å². The molecule has 0 saturated heterocycles. The van der Waals surface area contributed by atoms with E-state index in [1.54, 1.807) is 24.3 Å². The Morgan fingerprint density at radius 3 is 3.07 bits per heavy atom. The molecule has 0 aliphatic carbocycles. The monoisotopic (exact) mass is 202 g/mol. The molecule has 0 fully saturated rings. The molecule has 0 spiro atoms. The average molecular weight is 202 g/mol. The lowest BCUT2D eigenvalue weighted by molar-refractivity contribution is 0.563. The first-order valence-corrected chi connectivity index (χ1v) is 4.16. The lowest BCUT2D eigenvalue weighted by Gasteiger charge is -1.99. The molecule has 1 aromatic carbocycles. The van der Waals surface area contributed by atoms with Gasteiger partial charge in [-0.25, -0.2) is 4.68 Å². The maximum Gasteiger partial charge on any atom is 0.277 e. The fourth-order valence-electron chi connectivity index (χ4n) is 1.20. The van der Waals surface area contributed by atoms with Crippen molar-refractivity contribution in [2.45, 2.75) is 6.67 Å². The van der Waals surface area contributed by atoms with E-state index in [4.69, 9.17) is 5.53 Å². The van der Waals surface area contributed by atoms with Crippen molar-refractivity contribution in [3.8, 4) is 0 Å². The number of fused-ring (bicyclic) bond motifs is 1. The van der Waals surface area contributed by atoms with Crippen molar-refractivity contribution in [3.05, 3.63) is 45.1 Å². The molecule has 7 nitrogen and oxygen atoms in total. The minimum atomic E-state index is -0.312.